The summed E-state index contributed by atoms with van der Waals surface area (Å²) >= 11 is 0. The number of aldehydes is 1. The Bertz CT molecular complexity index is 2150. The number of fused-ring (bicyclic) bond motifs is 2. The average Bonchev–Trinajstić information content (AvgIpc) is 3.60. The lowest BCUT2D eigenvalue weighted by Gasteiger charge is -2.31. The van der Waals surface area contributed by atoms with Gasteiger partial charge in [0.15, 0.2) is 0 Å². The van der Waals surface area contributed by atoms with Crippen LogP contribution in [0.3, 0.4) is 0 Å². The topological polar surface area (TPSA) is 186 Å². The number of terminal acetylenes is 3. The third-order valence-corrected chi connectivity index (χ3v) is 10.0. The quantitative estimate of drug-likeness (QED) is 0.0532. The number of aromatic amines is 2. The van der Waals surface area contributed by atoms with Crippen molar-refractivity contribution in [1.29, 1.82) is 0 Å². The Hall–Kier alpha value is -6.76. The van der Waals surface area contributed by atoms with Gasteiger partial charge in [-0.1, -0.05) is 105 Å². The number of ether oxygens (including phenoxy) is 1. The molecule has 5 N–H and O–H groups in total. The lowest BCUT2D eigenvalue weighted by molar-refractivity contribution is -0.134. The van der Waals surface area contributed by atoms with E-state index in [1.54, 1.807) is 26.2 Å². The molecule has 0 radical (unpaired) electrons. The number of rotatable bonds is 14. The van der Waals surface area contributed by atoms with E-state index in [9.17, 15) is 14.4 Å². The van der Waals surface area contributed by atoms with Crippen LogP contribution in [0.25, 0.3) is 44.3 Å². The van der Waals surface area contributed by atoms with Gasteiger partial charge in [0.1, 0.15) is 17.9 Å². The number of imidazole rings is 2. The van der Waals surface area contributed by atoms with Gasteiger partial charge in [0.05, 0.1) is 48.2 Å². The number of carbonyl (C=O) groups excluding carboxylic acids is 3. The molecule has 0 aliphatic heterocycles. The standard InChI is InChI=1S/C36H43N7O2.C3H7NO.2C3H8.C2H6O.3C2H2.CH2O2/c1-21(2)24(5)43(35(45)17-37-20-44)19-34-39-30-14-12-28(16-32(30)41-34)26-9-7-25(8-10-26)27-11-13-29-31(15-27)40-33(38-29)18-42(6)36-22(3)23(36)4;1-4-2-3-5;3*1-3-2;3*1-2;2-1-3/h7-16,20-24,36H,17-19H2,1-6H3,(H,37,44)(H,38,40)(H,39,41);3-4H,2H2,1H3;2*3H2,1-2H3;1-2H3;3*1-2H;1H,(H,2,3)/t22-,23?,24?,36?;;;;;;;;/m1......../s1. The van der Waals surface area contributed by atoms with Crippen LogP contribution in [0.4, 0.5) is 0 Å². The molecule has 2 aromatic heterocycles. The second kappa shape index (κ2) is 39.4. The van der Waals surface area contributed by atoms with Gasteiger partial charge >= 0.3 is 0 Å². The molecule has 14 heteroatoms. The highest BCUT2D eigenvalue weighted by Crippen LogP contribution is 2.42. The Labute approximate surface area is 407 Å². The lowest BCUT2D eigenvalue weighted by atomic mass is 10.00. The Kier molecular flexibility index (Phi) is 38.0. The highest BCUT2D eigenvalue weighted by Gasteiger charge is 2.45. The molecule has 0 saturated heterocycles. The Morgan fingerprint density at radius 3 is 1.43 bits per heavy atom. The van der Waals surface area contributed by atoms with Crippen molar-refractivity contribution in [1.82, 2.24) is 40.4 Å². The predicted octanol–water partition coefficient (Wildman–Crippen LogP) is 8.93. The second-order valence-electron chi connectivity index (χ2n) is 15.7. The highest BCUT2D eigenvalue weighted by molar-refractivity contribution is 5.85. The van der Waals surface area contributed by atoms with Crippen molar-refractivity contribution < 1.29 is 29.0 Å². The first-order valence-corrected chi connectivity index (χ1v) is 22.5. The van der Waals surface area contributed by atoms with Crippen molar-refractivity contribution in [2.75, 3.05) is 41.4 Å². The van der Waals surface area contributed by atoms with Crippen LogP contribution in [0, 0.1) is 56.3 Å². The Balaban J connectivity index is -0.00000156. The van der Waals surface area contributed by atoms with Gasteiger partial charge in [0, 0.05) is 26.3 Å². The number of nitrogens with one attached hydrogen (secondary N) is 4. The lowest BCUT2D eigenvalue weighted by Crippen LogP contribution is -2.45. The molecule has 0 bridgehead atoms. The maximum atomic E-state index is 12.8. The molecule has 2 amide bonds. The van der Waals surface area contributed by atoms with E-state index >= 15 is 0 Å². The summed E-state index contributed by atoms with van der Waals surface area (Å²) in [6, 6.07) is 21.8. The summed E-state index contributed by atoms with van der Waals surface area (Å²) in [5.41, 5.74) is 8.30. The van der Waals surface area contributed by atoms with Crippen molar-refractivity contribution in [3.63, 3.8) is 0 Å². The Morgan fingerprint density at radius 1 is 0.750 bits per heavy atom. The molecule has 3 unspecified atom stereocenters. The predicted molar refractivity (Wildman–Crippen MR) is 282 cm³/mol. The molecule has 1 fully saturated rings. The number of hydrogen-bond donors (Lipinski definition) is 5. The smallest absolute Gasteiger partial charge is 0.290 e. The van der Waals surface area contributed by atoms with E-state index in [1.807, 2.05) is 13.0 Å². The van der Waals surface area contributed by atoms with Gasteiger partial charge in [-0.05, 0) is 85.3 Å². The molecule has 1 aliphatic carbocycles. The van der Waals surface area contributed by atoms with Crippen molar-refractivity contribution >= 4 is 47.1 Å². The molecule has 1 saturated carbocycles. The third kappa shape index (κ3) is 23.1. The zero-order valence-corrected chi connectivity index (χ0v) is 42.9. The fourth-order valence-corrected chi connectivity index (χ4v) is 6.56. The molecule has 372 valence electrons. The zero-order valence-electron chi connectivity index (χ0n) is 42.9. The monoisotopic (exact) mass is 937 g/mol. The minimum absolute atomic E-state index is 0.00820. The van der Waals surface area contributed by atoms with Crippen LogP contribution >= 0.6 is 0 Å². The fraction of sp³-hybridized carbons (Fsp3) is 0.444. The third-order valence-electron chi connectivity index (χ3n) is 10.0. The van der Waals surface area contributed by atoms with E-state index < -0.39 is 0 Å². The maximum absolute atomic E-state index is 12.8. The largest absolute Gasteiger partial charge is 0.483 e. The van der Waals surface area contributed by atoms with Crippen molar-refractivity contribution in [2.24, 2.45) is 17.8 Å². The molecule has 68 heavy (non-hydrogen) atoms. The number of likely N-dealkylation sites (N-methyl/N-ethyl adjacent to an activating group) is 1. The van der Waals surface area contributed by atoms with Crippen LogP contribution in [0.2, 0.25) is 0 Å². The molecule has 5 aromatic rings. The molecule has 2 heterocycles. The van der Waals surface area contributed by atoms with Gasteiger partial charge in [-0.3, -0.25) is 19.3 Å². The first kappa shape index (κ1) is 65.5. The minimum Gasteiger partial charge on any atom is -0.483 e. The van der Waals surface area contributed by atoms with Crippen LogP contribution in [-0.4, -0.2) is 113 Å². The zero-order chi connectivity index (χ0) is 52.8. The number of hydrogen-bond acceptors (Lipinski definition) is 9. The molecule has 6 rings (SSSR count). The van der Waals surface area contributed by atoms with E-state index in [0.717, 1.165) is 74.8 Å². The highest BCUT2D eigenvalue weighted by atomic mass is 16.4. The second-order valence-corrected chi connectivity index (χ2v) is 15.7. The number of methoxy groups -OCH3 is 1. The first-order chi connectivity index (χ1) is 32.7. The van der Waals surface area contributed by atoms with E-state index in [-0.39, 0.29) is 30.9 Å². The van der Waals surface area contributed by atoms with Crippen LogP contribution in [0.15, 0.2) is 60.7 Å². The fourth-order valence-electron chi connectivity index (χ4n) is 6.56. The van der Waals surface area contributed by atoms with E-state index in [2.05, 4.69) is 186 Å². The van der Waals surface area contributed by atoms with E-state index in [1.165, 1.54) is 12.8 Å². The molecule has 0 spiro atoms. The number of aromatic nitrogens is 4. The van der Waals surface area contributed by atoms with Gasteiger partial charge in [-0.25, -0.2) is 9.97 Å². The number of amides is 2. The molecule has 3 aromatic carbocycles. The van der Waals surface area contributed by atoms with Gasteiger partial charge in [-0.15, -0.1) is 38.5 Å². The molecular weight excluding hydrogens is 857 g/mol. The van der Waals surface area contributed by atoms with Gasteiger partial charge in [0.25, 0.3) is 6.47 Å². The van der Waals surface area contributed by atoms with Crippen molar-refractivity contribution in [3.8, 4) is 60.8 Å². The summed E-state index contributed by atoms with van der Waals surface area (Å²) in [7, 11) is 7.17. The first-order valence-electron chi connectivity index (χ1n) is 22.5. The van der Waals surface area contributed by atoms with Crippen LogP contribution < -0.4 is 10.6 Å². The number of carbonyl (C=O) groups is 4. The van der Waals surface area contributed by atoms with Crippen LogP contribution in [-0.2, 0) is 37.0 Å². The van der Waals surface area contributed by atoms with Crippen LogP contribution in [0.5, 0.6) is 0 Å². The number of H-pyrrole nitrogens is 2. The summed E-state index contributed by atoms with van der Waals surface area (Å²) in [4.78, 5) is 62.0. The molecule has 14 nitrogen and oxygen atoms in total. The molecular formula is C54H80N8O6. The number of benzene rings is 3. The summed E-state index contributed by atoms with van der Waals surface area (Å²) in [6.45, 7) is 20.7. The number of nitrogens with zero attached hydrogens (tertiary/aromatic N) is 4. The average molecular weight is 937 g/mol. The van der Waals surface area contributed by atoms with Crippen LogP contribution in [0.1, 0.15) is 86.8 Å². The summed E-state index contributed by atoms with van der Waals surface area (Å²) < 4.78 is 4.25. The Morgan fingerprint density at radius 2 is 1.12 bits per heavy atom. The summed E-state index contributed by atoms with van der Waals surface area (Å²) in [6.07, 6.45) is 27.9. The van der Waals surface area contributed by atoms with E-state index in [0.29, 0.717) is 31.4 Å². The van der Waals surface area contributed by atoms with E-state index in [4.69, 9.17) is 19.9 Å². The summed E-state index contributed by atoms with van der Waals surface area (Å²) in [5.74, 6) is 3.34. The van der Waals surface area contributed by atoms with Gasteiger partial charge in [-0.2, -0.15) is 0 Å². The number of carboxylic acid groups (broad SMARTS) is 1. The van der Waals surface area contributed by atoms with Gasteiger partial charge in [0.2, 0.25) is 12.3 Å². The van der Waals surface area contributed by atoms with Crippen molar-refractivity contribution in [3.05, 3.63) is 72.3 Å². The maximum Gasteiger partial charge on any atom is 0.290 e. The molecule has 1 aliphatic rings. The SMILES string of the molecule is C#C.C#C.C#C.CC(C)C(C)N(Cc1nc2ccc(-c3ccc(-c4ccc5nc(CN(C)C6C(C)[C@H]6C)[nH]c5c4)cc3)cc2[nH]1)C(=O)CNC=O.CCC.CCC.CNCC=O.COC.O=CO. The molecule has 4 atom stereocenters. The minimum atomic E-state index is -0.250. The normalized spacial score (nSPS) is 13.9. The van der Waals surface area contributed by atoms with Crippen molar-refractivity contribution in [2.45, 2.75) is 100 Å². The van der Waals surface area contributed by atoms with Gasteiger partial charge < -0.3 is 40.1 Å². The summed E-state index contributed by atoms with van der Waals surface area (Å²) in [5, 5.41) is 12.0.